The van der Waals surface area contributed by atoms with E-state index in [1.165, 1.54) is 45.3 Å². The highest BCUT2D eigenvalue weighted by molar-refractivity contribution is 4.90. The van der Waals surface area contributed by atoms with E-state index in [1.54, 1.807) is 0 Å². The molecule has 17 heavy (non-hydrogen) atoms. The van der Waals surface area contributed by atoms with Gasteiger partial charge in [0, 0.05) is 19.1 Å². The molecule has 0 spiro atoms. The molecule has 0 aromatic heterocycles. The van der Waals surface area contributed by atoms with Crippen LogP contribution < -0.4 is 5.32 Å². The van der Waals surface area contributed by atoms with Crippen LogP contribution in [-0.4, -0.2) is 49.8 Å². The monoisotopic (exact) mass is 238 g/mol. The van der Waals surface area contributed by atoms with Gasteiger partial charge in [-0.15, -0.1) is 0 Å². The molecule has 2 aliphatic heterocycles. The average Bonchev–Trinajstić information content (AvgIpc) is 2.76. The summed E-state index contributed by atoms with van der Waals surface area (Å²) in [4.78, 5) is 2.74. The van der Waals surface area contributed by atoms with Gasteiger partial charge in [0.1, 0.15) is 0 Å². The van der Waals surface area contributed by atoms with Gasteiger partial charge in [-0.05, 0) is 37.8 Å². The Morgan fingerprint density at radius 2 is 2.12 bits per heavy atom. The number of hydrogen-bond donors (Lipinski definition) is 1. The molecular formula is C14H26N2O. The van der Waals surface area contributed by atoms with Crippen molar-refractivity contribution in [3.8, 4) is 0 Å². The van der Waals surface area contributed by atoms with E-state index in [0.29, 0.717) is 6.10 Å². The van der Waals surface area contributed by atoms with E-state index in [2.05, 4.69) is 17.1 Å². The number of ether oxygens (including phenoxy) is 1. The maximum absolute atomic E-state index is 5.95. The normalized spacial score (nSPS) is 43.6. The zero-order valence-electron chi connectivity index (χ0n) is 11.0. The second kappa shape index (κ2) is 5.25. The van der Waals surface area contributed by atoms with Gasteiger partial charge in [-0.25, -0.2) is 0 Å². The Morgan fingerprint density at radius 1 is 1.24 bits per heavy atom. The molecule has 3 fully saturated rings. The van der Waals surface area contributed by atoms with E-state index >= 15 is 0 Å². The van der Waals surface area contributed by atoms with Gasteiger partial charge in [0.15, 0.2) is 0 Å². The van der Waals surface area contributed by atoms with Gasteiger partial charge in [0.25, 0.3) is 0 Å². The van der Waals surface area contributed by atoms with Crippen molar-refractivity contribution in [3.63, 3.8) is 0 Å². The molecule has 4 unspecified atom stereocenters. The van der Waals surface area contributed by atoms with Crippen LogP contribution in [0, 0.1) is 11.8 Å². The van der Waals surface area contributed by atoms with Crippen LogP contribution in [0.2, 0.25) is 0 Å². The van der Waals surface area contributed by atoms with Crippen LogP contribution in [0.4, 0.5) is 0 Å². The van der Waals surface area contributed by atoms with Crippen LogP contribution in [0.3, 0.4) is 0 Å². The highest BCUT2D eigenvalue weighted by atomic mass is 16.5. The third-order valence-corrected chi connectivity index (χ3v) is 4.99. The van der Waals surface area contributed by atoms with Crippen molar-refractivity contribution in [1.29, 1.82) is 0 Å². The third-order valence-electron chi connectivity index (χ3n) is 4.99. The molecule has 0 radical (unpaired) electrons. The van der Waals surface area contributed by atoms with E-state index in [1.807, 2.05) is 0 Å². The molecule has 0 aromatic carbocycles. The minimum Gasteiger partial charge on any atom is -0.375 e. The van der Waals surface area contributed by atoms with Crippen molar-refractivity contribution in [3.05, 3.63) is 0 Å². The van der Waals surface area contributed by atoms with Crippen LogP contribution in [0.15, 0.2) is 0 Å². The summed E-state index contributed by atoms with van der Waals surface area (Å²) in [6.45, 7) is 8.22. The van der Waals surface area contributed by atoms with Gasteiger partial charge in [-0.2, -0.15) is 0 Å². The molecule has 98 valence electrons. The Kier molecular flexibility index (Phi) is 3.69. The minimum atomic E-state index is 0.544. The summed E-state index contributed by atoms with van der Waals surface area (Å²) >= 11 is 0. The van der Waals surface area contributed by atoms with Crippen molar-refractivity contribution >= 4 is 0 Å². The van der Waals surface area contributed by atoms with Gasteiger partial charge in [-0.3, -0.25) is 4.90 Å². The molecule has 1 aliphatic carbocycles. The largest absolute Gasteiger partial charge is 0.375 e. The first-order chi connectivity index (χ1) is 8.34. The van der Waals surface area contributed by atoms with Crippen molar-refractivity contribution in [2.24, 2.45) is 11.8 Å². The molecule has 3 aliphatic rings. The number of rotatable bonds is 2. The van der Waals surface area contributed by atoms with E-state index in [-0.39, 0.29) is 0 Å². The highest BCUT2D eigenvalue weighted by Crippen LogP contribution is 2.30. The van der Waals surface area contributed by atoms with E-state index in [4.69, 9.17) is 4.74 Å². The maximum Gasteiger partial charge on any atom is 0.0730 e. The van der Waals surface area contributed by atoms with E-state index in [9.17, 15) is 0 Å². The summed E-state index contributed by atoms with van der Waals surface area (Å²) in [6.07, 6.45) is 5.97. The van der Waals surface area contributed by atoms with E-state index < -0.39 is 0 Å². The number of nitrogens with one attached hydrogen (secondary N) is 1. The smallest absolute Gasteiger partial charge is 0.0730 e. The first-order valence-electron chi connectivity index (χ1n) is 7.41. The van der Waals surface area contributed by atoms with Crippen molar-refractivity contribution in [2.45, 2.75) is 44.8 Å². The fourth-order valence-electron chi connectivity index (χ4n) is 3.81. The Morgan fingerprint density at radius 3 is 2.94 bits per heavy atom. The fraction of sp³-hybridized carbons (Fsp3) is 1.00. The van der Waals surface area contributed by atoms with Gasteiger partial charge >= 0.3 is 0 Å². The van der Waals surface area contributed by atoms with Crippen LogP contribution in [0.25, 0.3) is 0 Å². The molecule has 4 atom stereocenters. The van der Waals surface area contributed by atoms with Gasteiger partial charge in [0.2, 0.25) is 0 Å². The zero-order valence-corrected chi connectivity index (χ0v) is 11.0. The van der Waals surface area contributed by atoms with Crippen molar-refractivity contribution in [2.75, 3.05) is 32.8 Å². The number of nitrogens with zero attached hydrogens (tertiary/aromatic N) is 1. The van der Waals surface area contributed by atoms with Crippen LogP contribution >= 0.6 is 0 Å². The molecule has 1 N–H and O–H groups in total. The first kappa shape index (κ1) is 11.9. The molecule has 2 saturated heterocycles. The average molecular weight is 238 g/mol. The Labute approximate surface area is 105 Å². The van der Waals surface area contributed by atoms with Crippen LogP contribution in [0.5, 0.6) is 0 Å². The maximum atomic E-state index is 5.95. The molecule has 3 rings (SSSR count). The predicted molar refractivity (Wildman–Crippen MR) is 69.1 cm³/mol. The quantitative estimate of drug-likeness (QED) is 0.789. The van der Waals surface area contributed by atoms with Crippen molar-refractivity contribution < 1.29 is 4.74 Å². The van der Waals surface area contributed by atoms with Crippen LogP contribution in [-0.2, 0) is 4.74 Å². The summed E-state index contributed by atoms with van der Waals surface area (Å²) in [5.41, 5.74) is 0. The summed E-state index contributed by atoms with van der Waals surface area (Å²) in [7, 11) is 0. The molecule has 0 amide bonds. The third kappa shape index (κ3) is 2.51. The number of hydrogen-bond acceptors (Lipinski definition) is 3. The zero-order chi connectivity index (χ0) is 11.7. The van der Waals surface area contributed by atoms with Gasteiger partial charge in [-0.1, -0.05) is 19.8 Å². The second-order valence-electron chi connectivity index (χ2n) is 6.15. The molecule has 2 heterocycles. The second-order valence-corrected chi connectivity index (χ2v) is 6.15. The summed E-state index contributed by atoms with van der Waals surface area (Å²) in [5.74, 6) is 1.70. The number of morpholine rings is 1. The topological polar surface area (TPSA) is 24.5 Å². The molecular weight excluding hydrogens is 212 g/mol. The predicted octanol–water partition coefficient (Wildman–Crippen LogP) is 1.49. The van der Waals surface area contributed by atoms with E-state index in [0.717, 1.165) is 31.0 Å². The molecule has 3 heteroatoms. The summed E-state index contributed by atoms with van der Waals surface area (Å²) < 4.78 is 5.95. The molecule has 3 nitrogen and oxygen atoms in total. The Hall–Kier alpha value is -0.120. The molecule has 1 saturated carbocycles. The number of fused-ring (bicyclic) bond motifs is 1. The van der Waals surface area contributed by atoms with Gasteiger partial charge in [0.05, 0.1) is 12.7 Å². The highest BCUT2D eigenvalue weighted by Gasteiger charge is 2.36. The molecule has 0 aromatic rings. The minimum absolute atomic E-state index is 0.544. The lowest BCUT2D eigenvalue weighted by molar-refractivity contribution is -0.0924. The Bertz CT molecular complexity index is 257. The lowest BCUT2D eigenvalue weighted by Gasteiger charge is -2.45. The molecule has 0 bridgehead atoms. The lowest BCUT2D eigenvalue weighted by Crippen LogP contribution is -2.54. The lowest BCUT2D eigenvalue weighted by atomic mass is 9.88. The van der Waals surface area contributed by atoms with Crippen molar-refractivity contribution in [1.82, 2.24) is 10.2 Å². The SMILES string of the molecule is CC1CNCC1CN1CCOC2CCCCC21. The Balaban J connectivity index is 1.61. The first-order valence-corrected chi connectivity index (χ1v) is 7.41. The fourth-order valence-corrected chi connectivity index (χ4v) is 3.81. The standard InChI is InChI=1S/C14H26N2O/c1-11-8-15-9-12(11)10-16-6-7-17-14-5-3-2-4-13(14)16/h11-15H,2-10H2,1H3. The van der Waals surface area contributed by atoms with Crippen LogP contribution in [0.1, 0.15) is 32.6 Å². The summed E-state index contributed by atoms with van der Waals surface area (Å²) in [6, 6.07) is 0.727. The van der Waals surface area contributed by atoms with Gasteiger partial charge < -0.3 is 10.1 Å². The summed E-state index contributed by atoms with van der Waals surface area (Å²) in [5, 5.41) is 3.53.